The Labute approximate surface area is 108 Å². The number of rotatable bonds is 6. The highest BCUT2D eigenvalue weighted by Gasteiger charge is 2.31. The molecule has 2 fully saturated rings. The summed E-state index contributed by atoms with van der Waals surface area (Å²) in [4.78, 5) is 27.4. The summed E-state index contributed by atoms with van der Waals surface area (Å²) in [7, 11) is 0. The number of nitrogens with one attached hydrogen (secondary N) is 1. The second-order valence-corrected chi connectivity index (χ2v) is 5.10. The maximum atomic E-state index is 11.9. The first-order valence-electron chi connectivity index (χ1n) is 7.00. The van der Waals surface area contributed by atoms with Crippen LogP contribution in [0.4, 0.5) is 0 Å². The quantitative estimate of drug-likeness (QED) is 0.736. The van der Waals surface area contributed by atoms with Crippen LogP contribution in [-0.2, 0) is 9.59 Å². The molecule has 5 heteroatoms. The Kier molecular flexibility index (Phi) is 4.58. The number of carbonyl (C=O) groups is 2. The highest BCUT2D eigenvalue weighted by Crippen LogP contribution is 2.26. The fourth-order valence-electron chi connectivity index (χ4n) is 2.48. The van der Waals surface area contributed by atoms with Gasteiger partial charge in [-0.15, -0.1) is 0 Å². The summed E-state index contributed by atoms with van der Waals surface area (Å²) in [5.74, 6) is 0.240. The van der Waals surface area contributed by atoms with Gasteiger partial charge in [0.05, 0.1) is 13.1 Å². The van der Waals surface area contributed by atoms with E-state index in [4.69, 9.17) is 0 Å². The largest absolute Gasteiger partial charge is 0.342 e. The van der Waals surface area contributed by atoms with E-state index in [1.807, 2.05) is 16.7 Å². The highest BCUT2D eigenvalue weighted by molar-refractivity contribution is 5.81. The van der Waals surface area contributed by atoms with Gasteiger partial charge in [-0.3, -0.25) is 14.9 Å². The van der Waals surface area contributed by atoms with Crippen LogP contribution >= 0.6 is 0 Å². The molecule has 1 aliphatic carbocycles. The van der Waals surface area contributed by atoms with Crippen molar-refractivity contribution in [1.82, 2.24) is 15.1 Å². The van der Waals surface area contributed by atoms with E-state index < -0.39 is 0 Å². The van der Waals surface area contributed by atoms with E-state index in [2.05, 4.69) is 5.32 Å². The lowest BCUT2D eigenvalue weighted by atomic mass is 10.4. The molecule has 1 heterocycles. The Morgan fingerprint density at radius 3 is 2.44 bits per heavy atom. The van der Waals surface area contributed by atoms with Gasteiger partial charge in [0, 0.05) is 25.7 Å². The van der Waals surface area contributed by atoms with Crippen LogP contribution in [0.1, 0.15) is 32.6 Å². The summed E-state index contributed by atoms with van der Waals surface area (Å²) >= 11 is 0. The van der Waals surface area contributed by atoms with E-state index in [9.17, 15) is 9.59 Å². The van der Waals surface area contributed by atoms with Crippen LogP contribution in [0.5, 0.6) is 0 Å². The van der Waals surface area contributed by atoms with E-state index in [-0.39, 0.29) is 24.9 Å². The van der Waals surface area contributed by atoms with Crippen LogP contribution in [0.2, 0.25) is 0 Å². The highest BCUT2D eigenvalue weighted by atomic mass is 16.2. The minimum absolute atomic E-state index is 0.120. The molecule has 2 aliphatic rings. The van der Waals surface area contributed by atoms with E-state index in [1.54, 1.807) is 0 Å². The van der Waals surface area contributed by atoms with Crippen LogP contribution in [0.15, 0.2) is 0 Å². The predicted molar refractivity (Wildman–Crippen MR) is 69.1 cm³/mol. The van der Waals surface area contributed by atoms with Gasteiger partial charge in [0.25, 0.3) is 0 Å². The second kappa shape index (κ2) is 6.18. The van der Waals surface area contributed by atoms with Gasteiger partial charge in [-0.2, -0.15) is 0 Å². The molecule has 0 unspecified atom stereocenters. The first kappa shape index (κ1) is 13.3. The van der Waals surface area contributed by atoms with Crippen molar-refractivity contribution in [2.75, 3.05) is 32.7 Å². The minimum atomic E-state index is 0.120. The molecule has 1 aliphatic heterocycles. The van der Waals surface area contributed by atoms with Crippen molar-refractivity contribution in [2.45, 2.75) is 38.6 Å². The van der Waals surface area contributed by atoms with Crippen molar-refractivity contribution in [3.05, 3.63) is 0 Å². The number of likely N-dealkylation sites (N-methyl/N-ethyl adjacent to an activating group) is 1. The third-order valence-corrected chi connectivity index (χ3v) is 3.66. The van der Waals surface area contributed by atoms with Crippen molar-refractivity contribution < 1.29 is 9.59 Å². The average Bonchev–Trinajstić information content (AvgIpc) is 3.04. The summed E-state index contributed by atoms with van der Waals surface area (Å²) < 4.78 is 0. The average molecular weight is 253 g/mol. The lowest BCUT2D eigenvalue weighted by Gasteiger charge is -2.21. The molecule has 0 aromatic rings. The fraction of sp³-hybridized carbons (Fsp3) is 0.846. The SMILES string of the molecule is CCN(C(=O)CNCC(=O)N1CCCC1)C1CC1. The lowest BCUT2D eigenvalue weighted by molar-refractivity contribution is -0.131. The molecule has 0 aromatic carbocycles. The molecule has 0 bridgehead atoms. The summed E-state index contributed by atoms with van der Waals surface area (Å²) in [5, 5.41) is 2.98. The van der Waals surface area contributed by atoms with Gasteiger partial charge in [0.1, 0.15) is 0 Å². The second-order valence-electron chi connectivity index (χ2n) is 5.10. The van der Waals surface area contributed by atoms with Crippen molar-refractivity contribution in [1.29, 1.82) is 0 Å². The third kappa shape index (κ3) is 3.45. The van der Waals surface area contributed by atoms with Crippen molar-refractivity contribution in [3.8, 4) is 0 Å². The third-order valence-electron chi connectivity index (χ3n) is 3.66. The molecule has 5 nitrogen and oxygen atoms in total. The minimum Gasteiger partial charge on any atom is -0.342 e. The fourth-order valence-corrected chi connectivity index (χ4v) is 2.48. The maximum absolute atomic E-state index is 11.9. The van der Waals surface area contributed by atoms with Gasteiger partial charge >= 0.3 is 0 Å². The summed E-state index contributed by atoms with van der Waals surface area (Å²) in [5.41, 5.74) is 0. The zero-order valence-electron chi connectivity index (χ0n) is 11.2. The van der Waals surface area contributed by atoms with Gasteiger partial charge in [0.2, 0.25) is 11.8 Å². The molecule has 2 amide bonds. The molecular formula is C13H23N3O2. The van der Waals surface area contributed by atoms with E-state index in [0.717, 1.165) is 45.3 Å². The predicted octanol–water partition coefficient (Wildman–Crippen LogP) is 0.209. The van der Waals surface area contributed by atoms with Gasteiger partial charge in [-0.25, -0.2) is 0 Å². The standard InChI is InChI=1S/C13H23N3O2/c1-2-16(11-5-6-11)13(18)10-14-9-12(17)15-7-3-4-8-15/h11,14H,2-10H2,1H3. The zero-order chi connectivity index (χ0) is 13.0. The first-order chi connectivity index (χ1) is 8.72. The monoisotopic (exact) mass is 253 g/mol. The number of carbonyl (C=O) groups excluding carboxylic acids is 2. The Morgan fingerprint density at radius 1 is 1.22 bits per heavy atom. The molecule has 0 radical (unpaired) electrons. The van der Waals surface area contributed by atoms with E-state index in [0.29, 0.717) is 6.04 Å². The normalized spacial score (nSPS) is 19.1. The summed E-state index contributed by atoms with van der Waals surface area (Å²) in [6, 6.07) is 0.457. The number of nitrogens with zero attached hydrogens (tertiary/aromatic N) is 2. The topological polar surface area (TPSA) is 52.7 Å². The maximum Gasteiger partial charge on any atom is 0.236 e. The first-order valence-corrected chi connectivity index (χ1v) is 7.00. The van der Waals surface area contributed by atoms with Crippen LogP contribution in [0, 0.1) is 0 Å². The molecule has 1 saturated carbocycles. The van der Waals surface area contributed by atoms with Crippen LogP contribution in [0.25, 0.3) is 0 Å². The molecule has 2 rings (SSSR count). The molecule has 0 aromatic heterocycles. The van der Waals surface area contributed by atoms with Crippen LogP contribution in [0.3, 0.4) is 0 Å². The molecular weight excluding hydrogens is 230 g/mol. The molecule has 102 valence electrons. The smallest absolute Gasteiger partial charge is 0.236 e. The number of hydrogen-bond donors (Lipinski definition) is 1. The van der Waals surface area contributed by atoms with Gasteiger partial charge in [-0.05, 0) is 32.6 Å². The molecule has 1 saturated heterocycles. The van der Waals surface area contributed by atoms with E-state index in [1.165, 1.54) is 0 Å². The van der Waals surface area contributed by atoms with Crippen molar-refractivity contribution in [2.24, 2.45) is 0 Å². The number of hydrogen-bond acceptors (Lipinski definition) is 3. The zero-order valence-corrected chi connectivity index (χ0v) is 11.2. The summed E-state index contributed by atoms with van der Waals surface area (Å²) in [6.45, 7) is 5.09. The Morgan fingerprint density at radius 2 is 1.89 bits per heavy atom. The summed E-state index contributed by atoms with van der Waals surface area (Å²) in [6.07, 6.45) is 4.48. The Balaban J connectivity index is 1.64. The molecule has 0 spiro atoms. The van der Waals surface area contributed by atoms with E-state index >= 15 is 0 Å². The Bertz CT molecular complexity index is 309. The molecule has 0 atom stereocenters. The van der Waals surface area contributed by atoms with Crippen LogP contribution in [-0.4, -0.2) is 60.4 Å². The van der Waals surface area contributed by atoms with Gasteiger partial charge in [-0.1, -0.05) is 0 Å². The van der Waals surface area contributed by atoms with Crippen molar-refractivity contribution in [3.63, 3.8) is 0 Å². The molecule has 1 N–H and O–H groups in total. The number of likely N-dealkylation sites (tertiary alicyclic amines) is 1. The van der Waals surface area contributed by atoms with Gasteiger partial charge in [0.15, 0.2) is 0 Å². The van der Waals surface area contributed by atoms with Gasteiger partial charge < -0.3 is 9.80 Å². The molecule has 18 heavy (non-hydrogen) atoms. The lowest BCUT2D eigenvalue weighted by Crippen LogP contribution is -2.43. The van der Waals surface area contributed by atoms with Crippen LogP contribution < -0.4 is 5.32 Å². The van der Waals surface area contributed by atoms with Crippen molar-refractivity contribution >= 4 is 11.8 Å². The number of amides is 2. The Hall–Kier alpha value is -1.10.